The topological polar surface area (TPSA) is 110 Å². The average Bonchev–Trinajstić information content (AvgIpc) is 3.42. The molecule has 168 valence electrons. The van der Waals surface area contributed by atoms with Crippen LogP contribution in [0.4, 0.5) is 5.82 Å². The largest absolute Gasteiger partial charge is 0.463 e. The zero-order valence-electron chi connectivity index (χ0n) is 18.1. The van der Waals surface area contributed by atoms with Crippen molar-refractivity contribution < 1.29 is 23.7 Å². The van der Waals surface area contributed by atoms with E-state index < -0.39 is 24.2 Å². The van der Waals surface area contributed by atoms with Crippen molar-refractivity contribution in [3.05, 3.63) is 48.5 Å². The van der Waals surface area contributed by atoms with E-state index in [2.05, 4.69) is 20.3 Å². The molecule has 1 aromatic carbocycles. The van der Waals surface area contributed by atoms with Gasteiger partial charge in [-0.3, -0.25) is 9.36 Å². The Kier molecular flexibility index (Phi) is 5.28. The zero-order valence-corrected chi connectivity index (χ0v) is 18.1. The number of imidazole rings is 1. The molecule has 1 N–H and O–H groups in total. The number of anilines is 1. The smallest absolute Gasteiger partial charge is 0.302 e. The molecule has 2 fully saturated rings. The van der Waals surface area contributed by atoms with Crippen molar-refractivity contribution in [3.8, 4) is 0 Å². The van der Waals surface area contributed by atoms with Crippen LogP contribution in [-0.2, 0) is 30.3 Å². The van der Waals surface area contributed by atoms with E-state index in [4.69, 9.17) is 18.9 Å². The number of fused-ring (bicyclic) bond motifs is 2. The van der Waals surface area contributed by atoms with E-state index >= 15 is 0 Å². The molecule has 2 aromatic heterocycles. The second-order valence-corrected chi connectivity index (χ2v) is 8.32. The van der Waals surface area contributed by atoms with Crippen molar-refractivity contribution in [2.45, 2.75) is 57.6 Å². The van der Waals surface area contributed by atoms with Gasteiger partial charge in [0.1, 0.15) is 31.2 Å². The molecular formula is C22H25N5O5. The average molecular weight is 439 g/mol. The molecule has 32 heavy (non-hydrogen) atoms. The highest BCUT2D eigenvalue weighted by Crippen LogP contribution is 2.44. The second kappa shape index (κ2) is 8.12. The Morgan fingerprint density at radius 2 is 1.94 bits per heavy atom. The second-order valence-electron chi connectivity index (χ2n) is 8.32. The van der Waals surface area contributed by atoms with Crippen molar-refractivity contribution in [2.75, 3.05) is 11.9 Å². The number of benzene rings is 1. The van der Waals surface area contributed by atoms with Gasteiger partial charge in [-0.25, -0.2) is 15.0 Å². The van der Waals surface area contributed by atoms with E-state index in [0.29, 0.717) is 23.5 Å². The quantitative estimate of drug-likeness (QED) is 0.579. The van der Waals surface area contributed by atoms with Gasteiger partial charge in [0.15, 0.2) is 29.0 Å². The van der Waals surface area contributed by atoms with Gasteiger partial charge in [-0.2, -0.15) is 0 Å². The number of hydrogen-bond acceptors (Lipinski definition) is 9. The van der Waals surface area contributed by atoms with Crippen LogP contribution in [0.2, 0.25) is 0 Å². The van der Waals surface area contributed by atoms with Crippen LogP contribution in [0.15, 0.2) is 43.0 Å². The summed E-state index contributed by atoms with van der Waals surface area (Å²) in [6, 6.07) is 10.0. The summed E-state index contributed by atoms with van der Waals surface area (Å²) in [7, 11) is 0. The van der Waals surface area contributed by atoms with E-state index in [-0.39, 0.29) is 18.7 Å². The molecule has 5 rings (SSSR count). The molecule has 0 aliphatic carbocycles. The van der Waals surface area contributed by atoms with Gasteiger partial charge in [0.2, 0.25) is 0 Å². The molecule has 0 spiro atoms. The van der Waals surface area contributed by atoms with Gasteiger partial charge < -0.3 is 24.3 Å². The Morgan fingerprint density at radius 3 is 2.72 bits per heavy atom. The van der Waals surface area contributed by atoms with Gasteiger partial charge in [-0.15, -0.1) is 0 Å². The SMILES string of the molecule is CC(=O)OC[C@H]1O[C@@H](n2cnc3c(NCc4ccccc4)ncnc32)[C@@H]2OC(C)(C)O[C@@H]21. The molecular weight excluding hydrogens is 414 g/mol. The molecule has 2 saturated heterocycles. The number of aromatic nitrogens is 4. The fourth-order valence-electron chi connectivity index (χ4n) is 4.17. The summed E-state index contributed by atoms with van der Waals surface area (Å²) < 4.78 is 25.4. The number of carbonyl (C=O) groups excluding carboxylic acids is 1. The molecule has 4 heterocycles. The summed E-state index contributed by atoms with van der Waals surface area (Å²) in [5, 5.41) is 3.33. The highest BCUT2D eigenvalue weighted by molar-refractivity contribution is 5.82. The number of nitrogens with zero attached hydrogens (tertiary/aromatic N) is 4. The first kappa shape index (κ1) is 20.8. The van der Waals surface area contributed by atoms with Gasteiger partial charge in [0.05, 0.1) is 6.33 Å². The van der Waals surface area contributed by atoms with E-state index in [0.717, 1.165) is 5.56 Å². The standard InChI is InChI=1S/C22H25N5O5/c1-13(28)29-10-15-17-18(32-22(2,3)31-17)21(30-15)27-12-26-16-19(24-11-25-20(16)27)23-9-14-7-5-4-6-8-14/h4-8,11-12,15,17-18,21H,9-10H2,1-3H3,(H,23,24,25)/t15-,17-,18-,21-/m1/s1. The minimum atomic E-state index is -0.778. The summed E-state index contributed by atoms with van der Waals surface area (Å²) in [6.45, 7) is 5.76. The van der Waals surface area contributed by atoms with Crippen LogP contribution in [0.5, 0.6) is 0 Å². The number of hydrogen-bond donors (Lipinski definition) is 1. The minimum Gasteiger partial charge on any atom is -0.463 e. The maximum atomic E-state index is 11.3. The van der Waals surface area contributed by atoms with Crippen molar-refractivity contribution in [1.82, 2.24) is 19.5 Å². The lowest BCUT2D eigenvalue weighted by Crippen LogP contribution is -2.33. The Labute approximate surface area is 184 Å². The molecule has 10 heteroatoms. The first-order valence-corrected chi connectivity index (χ1v) is 10.5. The van der Waals surface area contributed by atoms with Crippen molar-refractivity contribution in [1.29, 1.82) is 0 Å². The predicted molar refractivity (Wildman–Crippen MR) is 113 cm³/mol. The summed E-state index contributed by atoms with van der Waals surface area (Å²) >= 11 is 0. The third kappa shape index (κ3) is 3.92. The lowest BCUT2D eigenvalue weighted by Gasteiger charge is -2.24. The highest BCUT2D eigenvalue weighted by atomic mass is 16.8. The molecule has 2 aliphatic heterocycles. The molecule has 3 aromatic rings. The predicted octanol–water partition coefficient (Wildman–Crippen LogP) is 2.42. The number of esters is 1. The fourth-order valence-corrected chi connectivity index (χ4v) is 4.17. The van der Waals surface area contributed by atoms with Crippen LogP contribution in [-0.4, -0.2) is 56.2 Å². The monoisotopic (exact) mass is 439 g/mol. The van der Waals surface area contributed by atoms with Gasteiger partial charge in [-0.05, 0) is 19.4 Å². The summed E-state index contributed by atoms with van der Waals surface area (Å²) in [6.07, 6.45) is 1.36. The van der Waals surface area contributed by atoms with Crippen LogP contribution in [0.25, 0.3) is 11.2 Å². The molecule has 10 nitrogen and oxygen atoms in total. The van der Waals surface area contributed by atoms with Crippen LogP contribution in [0.3, 0.4) is 0 Å². The number of rotatable bonds is 6. The van der Waals surface area contributed by atoms with E-state index in [1.54, 1.807) is 6.33 Å². The van der Waals surface area contributed by atoms with Crippen molar-refractivity contribution in [3.63, 3.8) is 0 Å². The lowest BCUT2D eigenvalue weighted by atomic mass is 10.1. The van der Waals surface area contributed by atoms with E-state index in [9.17, 15) is 4.79 Å². The number of ether oxygens (including phenoxy) is 4. The van der Waals surface area contributed by atoms with Crippen molar-refractivity contribution >= 4 is 23.0 Å². The Balaban J connectivity index is 1.42. The van der Waals surface area contributed by atoms with E-state index in [1.807, 2.05) is 48.7 Å². The maximum absolute atomic E-state index is 11.3. The number of carbonyl (C=O) groups is 1. The first-order chi connectivity index (χ1) is 15.4. The van der Waals surface area contributed by atoms with E-state index in [1.165, 1.54) is 13.3 Å². The normalized spacial score (nSPS) is 26.2. The third-order valence-electron chi connectivity index (χ3n) is 5.51. The molecule has 0 amide bonds. The molecule has 0 bridgehead atoms. The van der Waals surface area contributed by atoms with Gasteiger partial charge in [0.25, 0.3) is 0 Å². The van der Waals surface area contributed by atoms with Crippen LogP contribution >= 0.6 is 0 Å². The Hall–Kier alpha value is -3.08. The van der Waals surface area contributed by atoms with Crippen LogP contribution in [0, 0.1) is 0 Å². The zero-order chi connectivity index (χ0) is 22.3. The Bertz CT molecular complexity index is 1120. The van der Waals surface area contributed by atoms with Gasteiger partial charge in [0, 0.05) is 13.5 Å². The summed E-state index contributed by atoms with van der Waals surface area (Å²) in [5.74, 6) is -0.520. The Morgan fingerprint density at radius 1 is 1.16 bits per heavy atom. The highest BCUT2D eigenvalue weighted by Gasteiger charge is 2.56. The molecule has 4 atom stereocenters. The summed E-state index contributed by atoms with van der Waals surface area (Å²) in [4.78, 5) is 24.7. The first-order valence-electron chi connectivity index (χ1n) is 10.5. The van der Waals surface area contributed by atoms with Crippen LogP contribution in [0.1, 0.15) is 32.6 Å². The fraction of sp³-hybridized carbons (Fsp3) is 0.455. The molecule has 0 radical (unpaired) electrons. The molecule has 0 saturated carbocycles. The molecule has 2 aliphatic rings. The maximum Gasteiger partial charge on any atom is 0.302 e. The van der Waals surface area contributed by atoms with Gasteiger partial charge in [-0.1, -0.05) is 30.3 Å². The summed E-state index contributed by atoms with van der Waals surface area (Å²) in [5.41, 5.74) is 2.37. The third-order valence-corrected chi connectivity index (χ3v) is 5.51. The lowest BCUT2D eigenvalue weighted by molar-refractivity contribution is -0.201. The van der Waals surface area contributed by atoms with Crippen molar-refractivity contribution in [2.24, 2.45) is 0 Å². The number of nitrogens with one attached hydrogen (secondary N) is 1. The van der Waals surface area contributed by atoms with Gasteiger partial charge >= 0.3 is 5.97 Å². The minimum absolute atomic E-state index is 0.0813. The van der Waals surface area contributed by atoms with Crippen LogP contribution < -0.4 is 5.32 Å². The molecule has 0 unspecified atom stereocenters.